The first kappa shape index (κ1) is 9.69. The molecule has 11 heavy (non-hydrogen) atoms. The van der Waals surface area contributed by atoms with E-state index in [0.29, 0.717) is 0 Å². The van der Waals surface area contributed by atoms with Crippen molar-refractivity contribution in [2.75, 3.05) is 0 Å². The molecule has 0 saturated carbocycles. The van der Waals surface area contributed by atoms with Gasteiger partial charge in [0.2, 0.25) is 0 Å². The van der Waals surface area contributed by atoms with Crippen molar-refractivity contribution in [2.24, 2.45) is 0 Å². The van der Waals surface area contributed by atoms with Crippen LogP contribution in [0.1, 0.15) is 13.8 Å². The van der Waals surface area contributed by atoms with Gasteiger partial charge in [-0.25, -0.2) is 4.79 Å². The van der Waals surface area contributed by atoms with Crippen LogP contribution < -0.4 is 0 Å². The van der Waals surface area contributed by atoms with E-state index in [1.165, 1.54) is 6.08 Å². The second-order valence-electron chi connectivity index (χ2n) is 2.11. The Hall–Kier alpha value is -1.31. The van der Waals surface area contributed by atoms with Gasteiger partial charge in [-0.2, -0.15) is 0 Å². The number of aliphatic carboxylic acids is 1. The Morgan fingerprint density at radius 1 is 1.36 bits per heavy atom. The molecule has 0 aromatic carbocycles. The van der Waals surface area contributed by atoms with E-state index in [1.54, 1.807) is 19.1 Å². The number of allylic oxidation sites excluding steroid dienone is 5. The maximum atomic E-state index is 10.1. The van der Waals surface area contributed by atoms with Gasteiger partial charge >= 0.3 is 5.97 Å². The Morgan fingerprint density at radius 2 is 2.00 bits per heavy atom. The Kier molecular flexibility index (Phi) is 4.82. The minimum atomic E-state index is -0.910. The second kappa shape index (κ2) is 5.47. The van der Waals surface area contributed by atoms with Crippen LogP contribution in [0.25, 0.3) is 0 Å². The molecule has 0 fully saturated rings. The van der Waals surface area contributed by atoms with E-state index in [4.69, 9.17) is 5.11 Å². The van der Waals surface area contributed by atoms with Crippen molar-refractivity contribution in [3.8, 4) is 0 Å². The van der Waals surface area contributed by atoms with Crippen molar-refractivity contribution in [1.82, 2.24) is 0 Å². The summed E-state index contributed by atoms with van der Waals surface area (Å²) in [6, 6.07) is 0. The molecule has 0 rings (SSSR count). The van der Waals surface area contributed by atoms with Gasteiger partial charge in [0.25, 0.3) is 0 Å². The summed E-state index contributed by atoms with van der Waals surface area (Å²) in [6.45, 7) is 3.65. The van der Waals surface area contributed by atoms with E-state index < -0.39 is 5.97 Å². The largest absolute Gasteiger partial charge is 0.478 e. The molecule has 2 heteroatoms. The molecule has 0 radical (unpaired) electrons. The van der Waals surface area contributed by atoms with Crippen LogP contribution in [0.15, 0.2) is 36.0 Å². The second-order valence-corrected chi connectivity index (χ2v) is 2.11. The first-order chi connectivity index (χ1) is 5.16. The van der Waals surface area contributed by atoms with Gasteiger partial charge in [-0.3, -0.25) is 0 Å². The molecule has 60 valence electrons. The average molecular weight is 152 g/mol. The van der Waals surface area contributed by atoms with Crippen LogP contribution in [0.2, 0.25) is 0 Å². The van der Waals surface area contributed by atoms with Gasteiger partial charge in [0.1, 0.15) is 0 Å². The van der Waals surface area contributed by atoms with E-state index in [-0.39, 0.29) is 0 Å². The highest BCUT2D eigenvalue weighted by Crippen LogP contribution is 1.94. The molecular formula is C9H12O2. The zero-order chi connectivity index (χ0) is 8.69. The van der Waals surface area contributed by atoms with Crippen molar-refractivity contribution in [3.05, 3.63) is 36.0 Å². The Bertz CT molecular complexity index is 210. The van der Waals surface area contributed by atoms with E-state index in [2.05, 4.69) is 0 Å². The molecule has 0 aliphatic rings. The molecule has 2 nitrogen and oxygen atoms in total. The van der Waals surface area contributed by atoms with E-state index in [1.807, 2.05) is 19.1 Å². The molecule has 0 aliphatic carbocycles. The molecule has 0 amide bonds. The fraction of sp³-hybridized carbons (Fsp3) is 0.222. The van der Waals surface area contributed by atoms with Crippen LogP contribution in [0, 0.1) is 0 Å². The van der Waals surface area contributed by atoms with Crippen LogP contribution in [0.3, 0.4) is 0 Å². The number of rotatable bonds is 3. The molecule has 0 saturated heterocycles. The lowest BCUT2D eigenvalue weighted by Gasteiger charge is -1.85. The zero-order valence-electron chi connectivity index (χ0n) is 6.74. The lowest BCUT2D eigenvalue weighted by Crippen LogP contribution is -1.87. The van der Waals surface area contributed by atoms with Crippen LogP contribution in [-0.2, 0) is 4.79 Å². The predicted molar refractivity (Wildman–Crippen MR) is 45.3 cm³/mol. The molecule has 0 aliphatic heterocycles. The van der Waals surface area contributed by atoms with Gasteiger partial charge in [0.15, 0.2) is 0 Å². The smallest absolute Gasteiger partial charge is 0.328 e. The molecule has 0 bridgehead atoms. The fourth-order valence-corrected chi connectivity index (χ4v) is 0.561. The quantitative estimate of drug-likeness (QED) is 0.497. The number of carbonyl (C=O) groups is 1. The van der Waals surface area contributed by atoms with E-state index >= 15 is 0 Å². The number of hydrogen-bond acceptors (Lipinski definition) is 1. The lowest BCUT2D eigenvalue weighted by molar-refractivity contribution is -0.131. The molecule has 0 aromatic rings. The van der Waals surface area contributed by atoms with Gasteiger partial charge in [-0.05, 0) is 19.4 Å². The summed E-state index contributed by atoms with van der Waals surface area (Å²) < 4.78 is 0. The van der Waals surface area contributed by atoms with Crippen molar-refractivity contribution < 1.29 is 9.90 Å². The van der Waals surface area contributed by atoms with Crippen LogP contribution in [-0.4, -0.2) is 11.1 Å². The van der Waals surface area contributed by atoms with Crippen LogP contribution in [0.5, 0.6) is 0 Å². The summed E-state index contributed by atoms with van der Waals surface area (Å²) in [5.41, 5.74) is 0.732. The third kappa shape index (κ3) is 6.58. The standard InChI is InChI=1S/C9H12O2/c1-3-4-5-6-8(2)7-9(10)11/h3-7H,1-2H3,(H,10,11)/b4-3-,6-5+,8-7-. The van der Waals surface area contributed by atoms with Crippen LogP contribution in [0.4, 0.5) is 0 Å². The molecule has 0 unspecified atom stereocenters. The maximum absolute atomic E-state index is 10.1. The first-order valence-corrected chi connectivity index (χ1v) is 3.37. The van der Waals surface area contributed by atoms with Crippen molar-refractivity contribution >= 4 is 5.97 Å². The van der Waals surface area contributed by atoms with Gasteiger partial charge < -0.3 is 5.11 Å². The Morgan fingerprint density at radius 3 is 2.45 bits per heavy atom. The summed E-state index contributed by atoms with van der Waals surface area (Å²) >= 11 is 0. The molecule has 0 heterocycles. The number of carboxylic acids is 1. The van der Waals surface area contributed by atoms with Gasteiger partial charge in [-0.15, -0.1) is 0 Å². The normalized spacial score (nSPS) is 13.1. The summed E-state index contributed by atoms with van der Waals surface area (Å²) in [7, 11) is 0. The first-order valence-electron chi connectivity index (χ1n) is 3.37. The maximum Gasteiger partial charge on any atom is 0.328 e. The van der Waals surface area contributed by atoms with Crippen molar-refractivity contribution in [3.63, 3.8) is 0 Å². The van der Waals surface area contributed by atoms with E-state index in [0.717, 1.165) is 5.57 Å². The molecule has 1 N–H and O–H groups in total. The average Bonchev–Trinajstić information content (AvgIpc) is 1.86. The predicted octanol–water partition coefficient (Wildman–Crippen LogP) is 2.15. The summed E-state index contributed by atoms with van der Waals surface area (Å²) in [4.78, 5) is 10.1. The van der Waals surface area contributed by atoms with E-state index in [9.17, 15) is 4.79 Å². The zero-order valence-corrected chi connectivity index (χ0v) is 6.74. The minimum Gasteiger partial charge on any atom is -0.478 e. The van der Waals surface area contributed by atoms with Crippen molar-refractivity contribution in [2.45, 2.75) is 13.8 Å². The third-order valence-electron chi connectivity index (χ3n) is 1.01. The van der Waals surface area contributed by atoms with Crippen molar-refractivity contribution in [1.29, 1.82) is 0 Å². The Balaban J connectivity index is 4.05. The SMILES string of the molecule is C\C=C/C=C/C(C)=C\C(=O)O. The topological polar surface area (TPSA) is 37.3 Å². The third-order valence-corrected chi connectivity index (χ3v) is 1.01. The fourth-order valence-electron chi connectivity index (χ4n) is 0.561. The van der Waals surface area contributed by atoms with Gasteiger partial charge in [0, 0.05) is 6.08 Å². The molecule has 0 spiro atoms. The summed E-state index contributed by atoms with van der Waals surface area (Å²) in [6.07, 6.45) is 8.44. The highest BCUT2D eigenvalue weighted by atomic mass is 16.4. The number of hydrogen-bond donors (Lipinski definition) is 1. The highest BCUT2D eigenvalue weighted by molar-refractivity contribution is 5.81. The summed E-state index contributed by atoms with van der Waals surface area (Å²) in [5, 5.41) is 8.31. The molecule has 0 aromatic heterocycles. The van der Waals surface area contributed by atoms with Crippen LogP contribution >= 0.6 is 0 Å². The van der Waals surface area contributed by atoms with Gasteiger partial charge in [0.05, 0.1) is 0 Å². The molecule has 0 atom stereocenters. The molecular weight excluding hydrogens is 140 g/mol. The van der Waals surface area contributed by atoms with Gasteiger partial charge in [-0.1, -0.05) is 24.3 Å². The lowest BCUT2D eigenvalue weighted by atomic mass is 10.2. The highest BCUT2D eigenvalue weighted by Gasteiger charge is 1.87. The summed E-state index contributed by atoms with van der Waals surface area (Å²) in [5.74, 6) is -0.910. The minimum absolute atomic E-state index is 0.732. The monoisotopic (exact) mass is 152 g/mol. The Labute approximate surface area is 66.5 Å². The number of carboxylic acid groups (broad SMARTS) is 1.